The molecule has 0 aliphatic carbocycles. The molecule has 0 radical (unpaired) electrons. The number of carbonyl (C=O) groups excluding carboxylic acids is 4. The van der Waals surface area contributed by atoms with Gasteiger partial charge in [0.15, 0.2) is 5.82 Å². The van der Waals surface area contributed by atoms with Crippen LogP contribution in [0.1, 0.15) is 77.1 Å². The number of rotatable bonds is 9. The van der Waals surface area contributed by atoms with Crippen LogP contribution >= 0.6 is 11.3 Å². The van der Waals surface area contributed by atoms with E-state index in [0.29, 0.717) is 18.9 Å². The molecule has 2 saturated heterocycles. The molecule has 0 unspecified atom stereocenters. The average Bonchev–Trinajstić information content (AvgIpc) is 4.05. The molecule has 0 bridgehead atoms. The Morgan fingerprint density at radius 3 is 2.04 bits per heavy atom. The molecule has 4 atom stereocenters. The van der Waals surface area contributed by atoms with Crippen molar-refractivity contribution in [1.82, 2.24) is 45.4 Å². The van der Waals surface area contributed by atoms with Gasteiger partial charge in [0, 0.05) is 24.0 Å². The molecule has 0 saturated carbocycles. The topological polar surface area (TPSA) is 188 Å². The minimum absolute atomic E-state index is 0.118. The highest BCUT2D eigenvalue weighted by molar-refractivity contribution is 7.23. The van der Waals surface area contributed by atoms with Crippen LogP contribution in [0.2, 0.25) is 0 Å². The standard InChI is InChI=1S/C41H47N9O6S/c1-20(2)31(47-40(53)55-5)38(51)49-17-7-9-28(49)36-43-26-16-15-24-23(33(26)45-36)12-14-25(42-24)30-19-22-11-13-27-34(35(22)57-30)46-37(44-27)29-10-8-18-50(29)39(52)32(21(3)4)48-41(54)56-6/h11-16,19-21,28-29,31-32,42H,7-10,17-18H2,1-6H3,(H,44,46)(H,47,53)(H,48,54)/t28-,29-,31-,32-/m0/s1. The van der Waals surface area contributed by atoms with Crippen LogP contribution in [0.15, 0.2) is 42.5 Å². The minimum atomic E-state index is -0.717. The summed E-state index contributed by atoms with van der Waals surface area (Å²) < 4.78 is 10.6. The van der Waals surface area contributed by atoms with Gasteiger partial charge < -0.3 is 39.9 Å². The Labute approximate surface area is 332 Å². The SMILES string of the molecule is COC(=O)N[C@H](C(=O)N1CCC[C@H]1c1nc2ccc3[nH]c(-c4cc5ccc6[nH]c([C@@H]7CCCN7C(=O)[C@@H](NC(=O)OC)C(C)C)nc6c5s4)ccc3c2n1)C(C)C. The predicted molar refractivity (Wildman–Crippen MR) is 218 cm³/mol. The summed E-state index contributed by atoms with van der Waals surface area (Å²) in [6, 6.07) is 12.4. The summed E-state index contributed by atoms with van der Waals surface area (Å²) >= 11 is 1.65. The van der Waals surface area contributed by atoms with Gasteiger partial charge in [0.25, 0.3) is 0 Å². The van der Waals surface area contributed by atoms with Gasteiger partial charge in [0.1, 0.15) is 28.9 Å². The number of imidazole rings is 2. The van der Waals surface area contributed by atoms with Gasteiger partial charge in [-0.3, -0.25) is 9.59 Å². The molecule has 4 amide bonds. The van der Waals surface area contributed by atoms with E-state index in [1.165, 1.54) is 14.2 Å². The second-order valence-electron chi connectivity index (χ2n) is 15.6. The number of nitrogens with one attached hydrogen (secondary N) is 4. The van der Waals surface area contributed by atoms with Crippen molar-refractivity contribution in [3.05, 3.63) is 54.1 Å². The maximum Gasteiger partial charge on any atom is 0.407 e. The number of fused-ring (bicyclic) bond motifs is 6. The number of likely N-dealkylation sites (tertiary alicyclic amines) is 2. The van der Waals surface area contributed by atoms with Crippen LogP contribution in [0.25, 0.3) is 53.6 Å². The number of alkyl carbamates (subject to hydrolysis) is 2. The monoisotopic (exact) mass is 793 g/mol. The maximum atomic E-state index is 13.7. The van der Waals surface area contributed by atoms with E-state index in [4.69, 9.17) is 24.4 Å². The quantitative estimate of drug-likeness (QED) is 0.120. The van der Waals surface area contributed by atoms with E-state index in [2.05, 4.69) is 44.9 Å². The molecule has 4 N–H and O–H groups in total. The molecule has 6 aromatic rings. The van der Waals surface area contributed by atoms with Crippen molar-refractivity contribution in [1.29, 1.82) is 0 Å². The molecule has 298 valence electrons. The fourth-order valence-corrected chi connectivity index (χ4v) is 9.37. The van der Waals surface area contributed by atoms with Crippen molar-refractivity contribution in [2.45, 2.75) is 77.5 Å². The number of nitrogens with zero attached hydrogens (tertiary/aromatic N) is 5. The van der Waals surface area contributed by atoms with Gasteiger partial charge in [-0.25, -0.2) is 24.5 Å². The third-order valence-corrected chi connectivity index (χ3v) is 12.4. The number of carbonyl (C=O) groups is 4. The number of aromatic nitrogens is 5. The number of methoxy groups -OCH3 is 2. The lowest BCUT2D eigenvalue weighted by molar-refractivity contribution is -0.136. The van der Waals surface area contributed by atoms with Crippen LogP contribution in [0, 0.1) is 11.8 Å². The number of pyridine rings is 1. The molecule has 8 rings (SSSR count). The van der Waals surface area contributed by atoms with E-state index in [1.807, 2.05) is 50.8 Å². The number of thiophene rings is 1. The van der Waals surface area contributed by atoms with E-state index >= 15 is 0 Å². The van der Waals surface area contributed by atoms with Crippen molar-refractivity contribution >= 4 is 78.4 Å². The van der Waals surface area contributed by atoms with Crippen LogP contribution in [0.4, 0.5) is 9.59 Å². The molecule has 15 nitrogen and oxygen atoms in total. The zero-order chi connectivity index (χ0) is 40.1. The van der Waals surface area contributed by atoms with Crippen molar-refractivity contribution in [3.8, 4) is 10.6 Å². The van der Waals surface area contributed by atoms with E-state index in [-0.39, 0.29) is 35.7 Å². The maximum absolute atomic E-state index is 13.7. The van der Waals surface area contributed by atoms with E-state index in [9.17, 15) is 19.2 Å². The number of benzene rings is 2. The molecular formula is C41H47N9O6S. The lowest BCUT2D eigenvalue weighted by atomic mass is 10.0. The van der Waals surface area contributed by atoms with Gasteiger partial charge in [0.05, 0.1) is 52.6 Å². The zero-order valence-electron chi connectivity index (χ0n) is 32.8. The number of hydrogen-bond acceptors (Lipinski definition) is 10. The summed E-state index contributed by atoms with van der Waals surface area (Å²) in [6.07, 6.45) is 1.90. The molecule has 2 aliphatic rings. The van der Waals surface area contributed by atoms with Gasteiger partial charge in [-0.15, -0.1) is 11.3 Å². The average molecular weight is 794 g/mol. The number of ether oxygens (including phenoxy) is 2. The van der Waals surface area contributed by atoms with Gasteiger partial charge in [-0.05, 0) is 79.3 Å². The first-order valence-electron chi connectivity index (χ1n) is 19.5. The van der Waals surface area contributed by atoms with Gasteiger partial charge in [-0.1, -0.05) is 33.8 Å². The van der Waals surface area contributed by atoms with Crippen molar-refractivity contribution in [2.24, 2.45) is 11.8 Å². The number of amides is 4. The molecule has 16 heteroatoms. The van der Waals surface area contributed by atoms with Crippen LogP contribution in [0.5, 0.6) is 0 Å². The Hall–Kier alpha value is -5.77. The molecule has 2 aliphatic heterocycles. The van der Waals surface area contributed by atoms with Crippen LogP contribution in [-0.4, -0.2) is 98.1 Å². The van der Waals surface area contributed by atoms with Gasteiger partial charge in [-0.2, -0.15) is 0 Å². The fraction of sp³-hybridized carbons (Fsp3) is 0.439. The van der Waals surface area contributed by atoms with E-state index in [0.717, 1.165) is 85.1 Å². The molecule has 6 heterocycles. The highest BCUT2D eigenvalue weighted by Gasteiger charge is 2.39. The Bertz CT molecular complexity index is 2520. The van der Waals surface area contributed by atoms with E-state index < -0.39 is 24.3 Å². The molecule has 57 heavy (non-hydrogen) atoms. The smallest absolute Gasteiger partial charge is 0.407 e. The highest BCUT2D eigenvalue weighted by Crippen LogP contribution is 2.40. The van der Waals surface area contributed by atoms with Crippen molar-refractivity contribution < 1.29 is 28.7 Å². The lowest BCUT2D eigenvalue weighted by Crippen LogP contribution is -2.51. The van der Waals surface area contributed by atoms with Crippen LogP contribution in [0.3, 0.4) is 0 Å². The molecule has 2 fully saturated rings. The minimum Gasteiger partial charge on any atom is -0.453 e. The second-order valence-corrected chi connectivity index (χ2v) is 16.6. The third kappa shape index (κ3) is 7.00. The fourth-order valence-electron chi connectivity index (χ4n) is 8.24. The summed E-state index contributed by atoms with van der Waals surface area (Å²) in [6.45, 7) is 8.75. The third-order valence-electron chi connectivity index (χ3n) is 11.2. The van der Waals surface area contributed by atoms with E-state index in [1.54, 1.807) is 16.2 Å². The molecule has 4 aromatic heterocycles. The second kappa shape index (κ2) is 15.3. The first-order chi connectivity index (χ1) is 27.4. The van der Waals surface area contributed by atoms with Crippen molar-refractivity contribution in [2.75, 3.05) is 27.3 Å². The zero-order valence-corrected chi connectivity index (χ0v) is 33.7. The summed E-state index contributed by atoms with van der Waals surface area (Å²) in [7, 11) is 2.58. The largest absolute Gasteiger partial charge is 0.453 e. The summed E-state index contributed by atoms with van der Waals surface area (Å²) in [5.41, 5.74) is 5.13. The first kappa shape index (κ1) is 38.1. The van der Waals surface area contributed by atoms with Gasteiger partial charge in [0.2, 0.25) is 11.8 Å². The summed E-state index contributed by atoms with van der Waals surface area (Å²) in [5, 5.41) is 7.41. The normalized spacial score (nSPS) is 18.3. The summed E-state index contributed by atoms with van der Waals surface area (Å²) in [5.74, 6) is 0.780. The Morgan fingerprint density at radius 1 is 0.754 bits per heavy atom. The number of H-pyrrole nitrogens is 2. The van der Waals surface area contributed by atoms with Crippen LogP contribution < -0.4 is 10.6 Å². The number of aromatic amines is 2. The van der Waals surface area contributed by atoms with Gasteiger partial charge >= 0.3 is 12.2 Å². The molecule has 0 spiro atoms. The lowest BCUT2D eigenvalue weighted by Gasteiger charge is -2.29. The predicted octanol–water partition coefficient (Wildman–Crippen LogP) is 6.96. The Morgan fingerprint density at radius 2 is 1.39 bits per heavy atom. The Kier molecular flexibility index (Phi) is 10.2. The van der Waals surface area contributed by atoms with Crippen LogP contribution in [-0.2, 0) is 19.1 Å². The molecule has 2 aromatic carbocycles. The molecular weight excluding hydrogens is 747 g/mol. The summed E-state index contributed by atoms with van der Waals surface area (Å²) in [4.78, 5) is 78.3. The first-order valence-corrected chi connectivity index (χ1v) is 20.3. The number of hydrogen-bond donors (Lipinski definition) is 4. The highest BCUT2D eigenvalue weighted by atomic mass is 32.1. The Balaban J connectivity index is 1.06. The van der Waals surface area contributed by atoms with Crippen molar-refractivity contribution in [3.63, 3.8) is 0 Å².